The maximum atomic E-state index is 12.9. The van der Waals surface area contributed by atoms with Gasteiger partial charge in [0.15, 0.2) is 0 Å². The summed E-state index contributed by atoms with van der Waals surface area (Å²) in [6, 6.07) is 8.39. The minimum absolute atomic E-state index is 0.0388. The van der Waals surface area contributed by atoms with Gasteiger partial charge in [0.05, 0.1) is 5.56 Å². The van der Waals surface area contributed by atoms with E-state index in [2.05, 4.69) is 16.0 Å². The summed E-state index contributed by atoms with van der Waals surface area (Å²) in [5.74, 6) is -0.290. The summed E-state index contributed by atoms with van der Waals surface area (Å²) in [4.78, 5) is 23.9. The van der Waals surface area contributed by atoms with Gasteiger partial charge in [0.25, 0.3) is 5.91 Å². The van der Waals surface area contributed by atoms with Gasteiger partial charge in [-0.1, -0.05) is 50.3 Å². The summed E-state index contributed by atoms with van der Waals surface area (Å²) in [6.07, 6.45) is 11.9. The third-order valence-electron chi connectivity index (χ3n) is 5.65. The van der Waals surface area contributed by atoms with Crippen molar-refractivity contribution in [1.29, 1.82) is 0 Å². The van der Waals surface area contributed by atoms with Crippen LogP contribution in [0.2, 0.25) is 0 Å². The van der Waals surface area contributed by atoms with E-state index in [9.17, 15) is 9.59 Å². The first-order valence-electron chi connectivity index (χ1n) is 10.5. The zero-order valence-corrected chi connectivity index (χ0v) is 16.5. The van der Waals surface area contributed by atoms with Gasteiger partial charge < -0.3 is 9.88 Å². The maximum Gasteiger partial charge on any atom is 0.253 e. The van der Waals surface area contributed by atoms with Gasteiger partial charge >= 0.3 is 0 Å². The van der Waals surface area contributed by atoms with Gasteiger partial charge in [-0.2, -0.15) is 0 Å². The monoisotopic (exact) mass is 385 g/mol. The topological polar surface area (TPSA) is 83.4 Å². The lowest BCUT2D eigenvalue weighted by Crippen LogP contribution is -2.36. The summed E-state index contributed by atoms with van der Waals surface area (Å²) in [5.41, 5.74) is 3.52. The van der Waals surface area contributed by atoms with Gasteiger partial charge in [0.1, 0.15) is 0 Å². The van der Waals surface area contributed by atoms with Crippen LogP contribution in [0.1, 0.15) is 74.6 Å². The summed E-state index contributed by atoms with van der Waals surface area (Å²) < 4.78 is 2.17. The predicted molar refractivity (Wildman–Crippen MR) is 109 cm³/mol. The molecule has 28 heavy (non-hydrogen) atoms. The Balaban J connectivity index is 1.58. The van der Waals surface area contributed by atoms with Crippen molar-refractivity contribution < 1.29 is 14.8 Å². The van der Waals surface area contributed by atoms with Crippen molar-refractivity contribution in [2.24, 2.45) is 0 Å². The van der Waals surface area contributed by atoms with Crippen LogP contribution in [0.15, 0.2) is 30.5 Å². The fraction of sp³-hybridized carbons (Fsp3) is 0.545. The molecule has 2 amide bonds. The van der Waals surface area contributed by atoms with Crippen molar-refractivity contribution in [3.8, 4) is 0 Å². The van der Waals surface area contributed by atoms with E-state index in [4.69, 9.17) is 5.21 Å². The number of rotatable bonds is 9. The molecule has 0 bridgehead atoms. The summed E-state index contributed by atoms with van der Waals surface area (Å²) in [7, 11) is 0. The average Bonchev–Trinajstić information content (AvgIpc) is 3.10. The molecule has 1 aliphatic carbocycles. The Kier molecular flexibility index (Phi) is 7.48. The molecule has 3 rings (SSSR count). The van der Waals surface area contributed by atoms with Crippen LogP contribution in [0.3, 0.4) is 0 Å². The van der Waals surface area contributed by atoms with Gasteiger partial charge in [-0.3, -0.25) is 14.8 Å². The Labute approximate surface area is 166 Å². The number of fused-ring (bicyclic) bond motifs is 1. The van der Waals surface area contributed by atoms with E-state index in [1.807, 2.05) is 24.4 Å². The van der Waals surface area contributed by atoms with Crippen LogP contribution < -0.4 is 10.8 Å². The van der Waals surface area contributed by atoms with Crippen LogP contribution in [0, 0.1) is 0 Å². The van der Waals surface area contributed by atoms with Crippen LogP contribution in [0.4, 0.5) is 0 Å². The van der Waals surface area contributed by atoms with Crippen LogP contribution in [0.5, 0.6) is 0 Å². The van der Waals surface area contributed by atoms with Gasteiger partial charge in [-0.15, -0.1) is 0 Å². The van der Waals surface area contributed by atoms with Gasteiger partial charge in [0.2, 0.25) is 5.91 Å². The number of carbonyl (C=O) groups is 2. The number of amides is 2. The molecule has 1 fully saturated rings. The van der Waals surface area contributed by atoms with Crippen LogP contribution in [-0.2, 0) is 11.3 Å². The molecule has 1 heterocycles. The van der Waals surface area contributed by atoms with Crippen molar-refractivity contribution in [2.45, 2.75) is 76.8 Å². The molecule has 2 aromatic rings. The first-order valence-corrected chi connectivity index (χ1v) is 10.5. The fourth-order valence-electron chi connectivity index (χ4n) is 4.10. The molecule has 3 N–H and O–H groups in total. The van der Waals surface area contributed by atoms with Gasteiger partial charge in [-0.05, 0) is 31.7 Å². The Morgan fingerprint density at radius 3 is 2.57 bits per heavy atom. The zero-order valence-electron chi connectivity index (χ0n) is 16.5. The number of para-hydroxylation sites is 1. The zero-order chi connectivity index (χ0) is 19.8. The number of unbranched alkanes of at least 4 members (excludes halogenated alkanes) is 3. The van der Waals surface area contributed by atoms with Crippen molar-refractivity contribution in [2.75, 3.05) is 0 Å². The van der Waals surface area contributed by atoms with E-state index in [0.29, 0.717) is 12.5 Å². The first kappa shape index (κ1) is 20.4. The highest BCUT2D eigenvalue weighted by Crippen LogP contribution is 2.24. The number of nitrogens with zero attached hydrogens (tertiary/aromatic N) is 1. The molecule has 0 aliphatic heterocycles. The molecule has 0 radical (unpaired) electrons. The van der Waals surface area contributed by atoms with Crippen molar-refractivity contribution in [3.63, 3.8) is 0 Å². The molecule has 6 nitrogen and oxygen atoms in total. The number of hydroxylamine groups is 1. The standard InChI is InChI=1S/C22H31N3O3/c26-21(24-28)14-6-1-2-9-15-25-16-19(18-12-7-8-13-20(18)25)22(27)23-17-10-4-3-5-11-17/h7-8,12-13,16-17,28H,1-6,9-11,14-15H2,(H,23,27)(H,24,26). The maximum absolute atomic E-state index is 12.9. The highest BCUT2D eigenvalue weighted by atomic mass is 16.5. The van der Waals surface area contributed by atoms with E-state index in [-0.39, 0.29) is 11.8 Å². The number of hydrogen-bond donors (Lipinski definition) is 3. The quantitative estimate of drug-likeness (QED) is 0.344. The van der Waals surface area contributed by atoms with Crippen molar-refractivity contribution in [1.82, 2.24) is 15.4 Å². The molecule has 0 atom stereocenters. The largest absolute Gasteiger partial charge is 0.349 e. The molecule has 1 aliphatic rings. The molecule has 0 unspecified atom stereocenters. The van der Waals surface area contributed by atoms with Crippen LogP contribution >= 0.6 is 0 Å². The number of aromatic nitrogens is 1. The highest BCUT2D eigenvalue weighted by molar-refractivity contribution is 6.07. The molecule has 0 spiro atoms. The number of nitrogens with one attached hydrogen (secondary N) is 2. The SMILES string of the molecule is O=C(CCCCCCn1cc(C(=O)NC2CCCCC2)c2ccccc21)NO. The summed E-state index contributed by atoms with van der Waals surface area (Å²) >= 11 is 0. The number of benzene rings is 1. The smallest absolute Gasteiger partial charge is 0.253 e. The van der Waals surface area contributed by atoms with Crippen molar-refractivity contribution in [3.05, 3.63) is 36.0 Å². The van der Waals surface area contributed by atoms with Gasteiger partial charge in [0, 0.05) is 36.1 Å². The number of hydrogen-bond acceptors (Lipinski definition) is 3. The van der Waals surface area contributed by atoms with E-state index < -0.39 is 0 Å². The second kappa shape index (κ2) is 10.3. The molecule has 1 aromatic carbocycles. The molecule has 152 valence electrons. The Morgan fingerprint density at radius 2 is 1.79 bits per heavy atom. The lowest BCUT2D eigenvalue weighted by molar-refractivity contribution is -0.129. The molecular formula is C22H31N3O3. The summed E-state index contributed by atoms with van der Waals surface area (Å²) in [5, 5.41) is 12.7. The van der Waals surface area contributed by atoms with Gasteiger partial charge in [-0.25, -0.2) is 5.48 Å². The lowest BCUT2D eigenvalue weighted by atomic mass is 9.95. The third kappa shape index (κ3) is 5.35. The van der Waals surface area contributed by atoms with E-state index in [0.717, 1.165) is 61.5 Å². The average molecular weight is 386 g/mol. The fourth-order valence-corrected chi connectivity index (χ4v) is 4.10. The summed E-state index contributed by atoms with van der Waals surface area (Å²) in [6.45, 7) is 0.851. The molecular weight excluding hydrogens is 354 g/mol. The number of carbonyl (C=O) groups excluding carboxylic acids is 2. The predicted octanol–water partition coefficient (Wildman–Crippen LogP) is 4.16. The van der Waals surface area contributed by atoms with E-state index >= 15 is 0 Å². The van der Waals surface area contributed by atoms with E-state index in [1.165, 1.54) is 19.3 Å². The minimum Gasteiger partial charge on any atom is -0.349 e. The lowest BCUT2D eigenvalue weighted by Gasteiger charge is -2.22. The molecule has 6 heteroatoms. The Bertz CT molecular complexity index is 793. The second-order valence-electron chi connectivity index (χ2n) is 7.76. The first-order chi connectivity index (χ1) is 13.7. The minimum atomic E-state index is -0.329. The van der Waals surface area contributed by atoms with Crippen molar-refractivity contribution >= 4 is 22.7 Å². The molecule has 1 saturated carbocycles. The third-order valence-corrected chi connectivity index (χ3v) is 5.65. The highest BCUT2D eigenvalue weighted by Gasteiger charge is 2.19. The van der Waals surface area contributed by atoms with E-state index in [1.54, 1.807) is 5.48 Å². The molecule has 1 aromatic heterocycles. The van der Waals surface area contributed by atoms with Crippen LogP contribution in [-0.4, -0.2) is 27.6 Å². The van der Waals surface area contributed by atoms with Crippen LogP contribution in [0.25, 0.3) is 10.9 Å². The number of aryl methyl sites for hydroxylation is 1. The second-order valence-corrected chi connectivity index (χ2v) is 7.76. The Morgan fingerprint density at radius 1 is 1.04 bits per heavy atom. The normalized spacial score (nSPS) is 14.9. The Hall–Kier alpha value is -2.34. The molecule has 0 saturated heterocycles.